The molecule has 2 heterocycles. The van der Waals surface area contributed by atoms with Gasteiger partial charge in [0.2, 0.25) is 0 Å². The number of rotatable bonds is 7. The Morgan fingerprint density at radius 3 is 2.68 bits per heavy atom. The van der Waals surface area contributed by atoms with Crippen LogP contribution in [-0.2, 0) is 5.75 Å². The number of hydrogen-bond acceptors (Lipinski definition) is 3. The van der Waals surface area contributed by atoms with Gasteiger partial charge in [-0.1, -0.05) is 36.4 Å². The predicted octanol–water partition coefficient (Wildman–Crippen LogP) is 4.98. The molecule has 5 heteroatoms. The van der Waals surface area contributed by atoms with Gasteiger partial charge in [0, 0.05) is 35.2 Å². The maximum atomic E-state index is 11.1. The van der Waals surface area contributed by atoms with Crippen LogP contribution in [-0.4, -0.2) is 46.3 Å². The number of benzene rings is 2. The Balaban J connectivity index is 1.22. The Hall–Kier alpha value is -2.24. The monoisotopic (exact) mass is 394 g/mol. The van der Waals surface area contributed by atoms with E-state index in [1.165, 1.54) is 37.1 Å². The number of carboxylic acids is 1. The van der Waals surface area contributed by atoms with E-state index in [1.54, 1.807) is 12.1 Å². The van der Waals surface area contributed by atoms with Crippen molar-refractivity contribution < 1.29 is 9.90 Å². The van der Waals surface area contributed by atoms with Crippen molar-refractivity contribution in [3.8, 4) is 0 Å². The first-order chi connectivity index (χ1) is 13.7. The fourth-order valence-corrected chi connectivity index (χ4v) is 5.02. The van der Waals surface area contributed by atoms with Gasteiger partial charge in [0.25, 0.3) is 0 Å². The van der Waals surface area contributed by atoms with Crippen molar-refractivity contribution in [2.75, 3.05) is 25.4 Å². The third kappa shape index (κ3) is 4.42. The molecule has 0 spiro atoms. The fraction of sp³-hybridized carbons (Fsp3) is 0.348. The summed E-state index contributed by atoms with van der Waals surface area (Å²) in [5.41, 5.74) is 3.97. The number of nitrogens with one attached hydrogen (secondary N) is 1. The van der Waals surface area contributed by atoms with Crippen molar-refractivity contribution in [3.63, 3.8) is 0 Å². The highest BCUT2D eigenvalue weighted by Crippen LogP contribution is 2.28. The van der Waals surface area contributed by atoms with Gasteiger partial charge in [-0.15, -0.1) is 0 Å². The van der Waals surface area contributed by atoms with Gasteiger partial charge in [-0.05, 0) is 55.1 Å². The second kappa shape index (κ2) is 8.84. The molecule has 0 amide bonds. The predicted molar refractivity (Wildman–Crippen MR) is 116 cm³/mol. The van der Waals surface area contributed by atoms with E-state index in [9.17, 15) is 4.79 Å². The summed E-state index contributed by atoms with van der Waals surface area (Å²) >= 11 is 1.95. The topological polar surface area (TPSA) is 56.3 Å². The van der Waals surface area contributed by atoms with Gasteiger partial charge in [-0.25, -0.2) is 4.79 Å². The lowest BCUT2D eigenvalue weighted by Crippen LogP contribution is -2.34. The van der Waals surface area contributed by atoms with Gasteiger partial charge < -0.3 is 15.0 Å². The van der Waals surface area contributed by atoms with Crippen molar-refractivity contribution in [1.82, 2.24) is 9.88 Å². The highest BCUT2D eigenvalue weighted by Gasteiger charge is 2.20. The summed E-state index contributed by atoms with van der Waals surface area (Å²) in [5.74, 6) is 1.90. The van der Waals surface area contributed by atoms with Gasteiger partial charge in [0.05, 0.1) is 5.56 Å². The lowest BCUT2D eigenvalue weighted by Gasteiger charge is -2.32. The molecule has 2 N–H and O–H groups in total. The Kier molecular flexibility index (Phi) is 6.03. The first-order valence-electron chi connectivity index (χ1n) is 9.89. The molecule has 2 aromatic carbocycles. The van der Waals surface area contributed by atoms with E-state index in [2.05, 4.69) is 40.2 Å². The van der Waals surface area contributed by atoms with Crippen LogP contribution in [0.15, 0.2) is 54.7 Å². The fourth-order valence-electron chi connectivity index (χ4n) is 4.03. The van der Waals surface area contributed by atoms with E-state index >= 15 is 0 Å². The van der Waals surface area contributed by atoms with Crippen LogP contribution in [0.2, 0.25) is 0 Å². The van der Waals surface area contributed by atoms with E-state index < -0.39 is 5.97 Å². The Morgan fingerprint density at radius 2 is 1.93 bits per heavy atom. The number of carbonyl (C=O) groups is 1. The number of H-pyrrole nitrogens is 1. The average Bonchev–Trinajstić information content (AvgIpc) is 3.14. The zero-order valence-electron chi connectivity index (χ0n) is 15.9. The molecule has 0 radical (unpaired) electrons. The number of thioether (sulfide) groups is 1. The smallest absolute Gasteiger partial charge is 0.335 e. The van der Waals surface area contributed by atoms with E-state index in [1.807, 2.05) is 24.0 Å². The van der Waals surface area contributed by atoms with E-state index in [4.69, 9.17) is 5.11 Å². The highest BCUT2D eigenvalue weighted by atomic mass is 32.2. The van der Waals surface area contributed by atoms with Crippen LogP contribution in [0.1, 0.15) is 40.2 Å². The lowest BCUT2D eigenvalue weighted by molar-refractivity contribution is 0.0697. The normalized spacial score (nSPS) is 15.9. The molecule has 0 unspecified atom stereocenters. The molecule has 0 saturated carbocycles. The number of aromatic nitrogens is 1. The average molecular weight is 395 g/mol. The van der Waals surface area contributed by atoms with Crippen molar-refractivity contribution >= 4 is 28.6 Å². The number of carboxylic acid groups (broad SMARTS) is 1. The number of hydrogen-bond donors (Lipinski definition) is 2. The molecule has 1 aromatic heterocycles. The summed E-state index contributed by atoms with van der Waals surface area (Å²) in [6.07, 6.45) is 4.51. The number of piperidine rings is 1. The molecule has 4 nitrogen and oxygen atoms in total. The van der Waals surface area contributed by atoms with Gasteiger partial charge in [-0.3, -0.25) is 0 Å². The zero-order chi connectivity index (χ0) is 19.3. The van der Waals surface area contributed by atoms with Crippen LogP contribution < -0.4 is 0 Å². The molecule has 3 aromatic rings. The van der Waals surface area contributed by atoms with Gasteiger partial charge >= 0.3 is 5.97 Å². The summed E-state index contributed by atoms with van der Waals surface area (Å²) < 4.78 is 0. The van der Waals surface area contributed by atoms with Crippen LogP contribution in [0.5, 0.6) is 0 Å². The standard InChI is InChI=1S/C23H26N2O2S/c26-23(27)19-6-7-21-20(15-24-22(21)14-19)16-28-13-12-25-10-8-18(9-11-25)17-4-2-1-3-5-17/h1-7,14-15,18,24H,8-13,16H2,(H,26,27). The first-order valence-corrected chi connectivity index (χ1v) is 11.0. The Labute approximate surface area is 169 Å². The molecule has 1 aliphatic heterocycles. The van der Waals surface area contributed by atoms with Gasteiger partial charge in [0.1, 0.15) is 0 Å². The second-order valence-corrected chi connectivity index (χ2v) is 8.56. The van der Waals surface area contributed by atoms with Crippen LogP contribution in [0.4, 0.5) is 0 Å². The highest BCUT2D eigenvalue weighted by molar-refractivity contribution is 7.98. The molecule has 0 bridgehead atoms. The SMILES string of the molecule is O=C(O)c1ccc2c(CSCCN3CCC(c4ccccc4)CC3)c[nH]c2c1. The molecule has 1 saturated heterocycles. The molecular weight excluding hydrogens is 368 g/mol. The van der Waals surface area contributed by atoms with Crippen LogP contribution in [0, 0.1) is 0 Å². The van der Waals surface area contributed by atoms with E-state index in [-0.39, 0.29) is 0 Å². The molecule has 4 rings (SSSR count). The third-order valence-electron chi connectivity index (χ3n) is 5.68. The van der Waals surface area contributed by atoms with Gasteiger partial charge in [-0.2, -0.15) is 11.8 Å². The molecule has 1 fully saturated rings. The first kappa shape index (κ1) is 19.1. The van der Waals surface area contributed by atoms with Crippen molar-refractivity contribution in [2.24, 2.45) is 0 Å². The maximum Gasteiger partial charge on any atom is 0.335 e. The number of likely N-dealkylation sites (tertiary alicyclic amines) is 1. The minimum absolute atomic E-state index is 0.326. The van der Waals surface area contributed by atoms with Crippen molar-refractivity contribution in [3.05, 3.63) is 71.4 Å². The van der Waals surface area contributed by atoms with E-state index in [0.29, 0.717) is 11.5 Å². The van der Waals surface area contributed by atoms with Crippen LogP contribution >= 0.6 is 11.8 Å². The summed E-state index contributed by atoms with van der Waals surface area (Å²) in [6.45, 7) is 3.51. The molecular formula is C23H26N2O2S. The van der Waals surface area contributed by atoms with Crippen LogP contribution in [0.25, 0.3) is 10.9 Å². The quantitative estimate of drug-likeness (QED) is 0.555. The summed E-state index contributed by atoms with van der Waals surface area (Å²) in [6, 6.07) is 16.2. The molecule has 1 aliphatic rings. The Morgan fingerprint density at radius 1 is 1.14 bits per heavy atom. The van der Waals surface area contributed by atoms with Crippen molar-refractivity contribution in [2.45, 2.75) is 24.5 Å². The Bertz CT molecular complexity index is 930. The minimum atomic E-state index is -0.886. The second-order valence-electron chi connectivity index (χ2n) is 7.46. The number of aromatic carboxylic acids is 1. The number of aromatic amines is 1. The number of fused-ring (bicyclic) bond motifs is 1. The van der Waals surface area contributed by atoms with Gasteiger partial charge in [0.15, 0.2) is 0 Å². The largest absolute Gasteiger partial charge is 0.478 e. The summed E-state index contributed by atoms with van der Waals surface area (Å²) in [7, 11) is 0. The maximum absolute atomic E-state index is 11.1. The molecule has 0 aliphatic carbocycles. The third-order valence-corrected chi connectivity index (χ3v) is 6.67. The van der Waals surface area contributed by atoms with Crippen molar-refractivity contribution in [1.29, 1.82) is 0 Å². The lowest BCUT2D eigenvalue weighted by atomic mass is 9.89. The molecule has 0 atom stereocenters. The minimum Gasteiger partial charge on any atom is -0.478 e. The zero-order valence-corrected chi connectivity index (χ0v) is 16.8. The molecule has 146 valence electrons. The van der Waals surface area contributed by atoms with E-state index in [0.717, 1.165) is 29.0 Å². The number of nitrogens with zero attached hydrogens (tertiary/aromatic N) is 1. The summed E-state index contributed by atoms with van der Waals surface area (Å²) in [4.78, 5) is 16.9. The van der Waals surface area contributed by atoms with Crippen LogP contribution in [0.3, 0.4) is 0 Å². The summed E-state index contributed by atoms with van der Waals surface area (Å²) in [5, 5.41) is 10.2. The molecule has 28 heavy (non-hydrogen) atoms.